The number of fused-ring (bicyclic) bond motifs is 1. The lowest BCUT2D eigenvalue weighted by molar-refractivity contribution is -0.122. The van der Waals surface area contributed by atoms with Crippen molar-refractivity contribution in [2.75, 3.05) is 13.2 Å². The fourth-order valence-corrected chi connectivity index (χ4v) is 2.18. The average Bonchev–Trinajstić information content (AvgIpc) is 2.70. The van der Waals surface area contributed by atoms with Gasteiger partial charge in [-0.05, 0) is 37.0 Å². The third-order valence-corrected chi connectivity index (χ3v) is 3.01. The number of hydrogen-bond acceptors (Lipinski definition) is 3. The first-order valence-electron chi connectivity index (χ1n) is 5.99. The van der Waals surface area contributed by atoms with E-state index < -0.39 is 0 Å². The fraction of sp³-hybridized carbons (Fsp3) is 0.462. The Hall–Kier alpha value is -1.55. The second kappa shape index (κ2) is 5.19. The average molecular weight is 234 g/mol. The maximum atomic E-state index is 11.3. The number of rotatable bonds is 4. The summed E-state index contributed by atoms with van der Waals surface area (Å²) < 4.78 is 5.54. The highest BCUT2D eigenvalue weighted by Gasteiger charge is 2.22. The predicted octanol–water partition coefficient (Wildman–Crippen LogP) is 1.15. The molecule has 2 rings (SSSR count). The lowest BCUT2D eigenvalue weighted by Gasteiger charge is -2.11. The fourth-order valence-electron chi connectivity index (χ4n) is 2.18. The van der Waals surface area contributed by atoms with E-state index in [2.05, 4.69) is 5.32 Å². The molecular weight excluding hydrogens is 216 g/mol. The molecule has 4 heteroatoms. The van der Waals surface area contributed by atoms with Gasteiger partial charge in [-0.1, -0.05) is 12.1 Å². The van der Waals surface area contributed by atoms with Crippen molar-refractivity contribution >= 4 is 5.91 Å². The molecule has 1 aromatic carbocycles. The third kappa shape index (κ3) is 2.58. The first kappa shape index (κ1) is 11.9. The Kier molecular flexibility index (Phi) is 3.64. The van der Waals surface area contributed by atoms with E-state index >= 15 is 0 Å². The number of ether oxygens (including phenoxy) is 1. The van der Waals surface area contributed by atoms with Gasteiger partial charge in [0.1, 0.15) is 5.75 Å². The van der Waals surface area contributed by atoms with Crippen LogP contribution in [0.1, 0.15) is 30.5 Å². The number of nitrogens with one attached hydrogen (secondary N) is 1. The van der Waals surface area contributed by atoms with Crippen molar-refractivity contribution < 1.29 is 9.53 Å². The quantitative estimate of drug-likeness (QED) is 0.821. The van der Waals surface area contributed by atoms with E-state index in [9.17, 15) is 4.79 Å². The van der Waals surface area contributed by atoms with Crippen molar-refractivity contribution in [3.63, 3.8) is 0 Å². The van der Waals surface area contributed by atoms with Crippen molar-refractivity contribution in [2.45, 2.75) is 25.8 Å². The van der Waals surface area contributed by atoms with Crippen LogP contribution in [0.5, 0.6) is 5.75 Å². The van der Waals surface area contributed by atoms with E-state index in [4.69, 9.17) is 10.5 Å². The lowest BCUT2D eigenvalue weighted by atomic mass is 10.1. The van der Waals surface area contributed by atoms with Crippen LogP contribution in [0.3, 0.4) is 0 Å². The summed E-state index contributed by atoms with van der Waals surface area (Å²) in [6.45, 7) is 2.58. The maximum absolute atomic E-state index is 11.3. The van der Waals surface area contributed by atoms with E-state index in [1.165, 1.54) is 0 Å². The van der Waals surface area contributed by atoms with Gasteiger partial charge in [0, 0.05) is 12.6 Å². The van der Waals surface area contributed by atoms with Crippen molar-refractivity contribution in [1.82, 2.24) is 5.32 Å². The van der Waals surface area contributed by atoms with Crippen LogP contribution in [0.25, 0.3) is 0 Å². The Morgan fingerprint density at radius 1 is 1.59 bits per heavy atom. The maximum Gasteiger partial charge on any atom is 0.257 e. The Bertz CT molecular complexity index is 418. The normalized spacial score (nSPS) is 17.6. The van der Waals surface area contributed by atoms with Gasteiger partial charge in [0.05, 0.1) is 0 Å². The number of carbonyl (C=O) groups is 1. The summed E-state index contributed by atoms with van der Waals surface area (Å²) in [5.74, 6) is 0.703. The number of benzene rings is 1. The standard InChI is InChI=1S/C13H18N2O2/c1-2-15-13(16)8-17-12-5-3-4-9-10(12)6-7-11(9)14/h3-5,11H,2,6-8,14H2,1H3,(H,15,16). The number of carbonyl (C=O) groups excluding carboxylic acids is 1. The van der Waals surface area contributed by atoms with Crippen LogP contribution in [-0.4, -0.2) is 19.1 Å². The van der Waals surface area contributed by atoms with Crippen molar-refractivity contribution in [3.05, 3.63) is 29.3 Å². The topological polar surface area (TPSA) is 64.3 Å². The molecule has 1 atom stereocenters. The Labute approximate surface area is 101 Å². The van der Waals surface area contributed by atoms with Gasteiger partial charge in [0.15, 0.2) is 6.61 Å². The lowest BCUT2D eigenvalue weighted by Crippen LogP contribution is -2.28. The minimum absolute atomic E-state index is 0.0690. The highest BCUT2D eigenvalue weighted by Crippen LogP contribution is 2.35. The molecule has 17 heavy (non-hydrogen) atoms. The smallest absolute Gasteiger partial charge is 0.257 e. The first-order chi connectivity index (χ1) is 8.22. The van der Waals surface area contributed by atoms with Crippen LogP contribution in [0.15, 0.2) is 18.2 Å². The third-order valence-electron chi connectivity index (χ3n) is 3.01. The predicted molar refractivity (Wildman–Crippen MR) is 65.9 cm³/mol. The van der Waals surface area contributed by atoms with E-state index in [-0.39, 0.29) is 18.6 Å². The van der Waals surface area contributed by atoms with Gasteiger partial charge in [0.25, 0.3) is 5.91 Å². The van der Waals surface area contributed by atoms with Gasteiger partial charge in [-0.15, -0.1) is 0 Å². The SMILES string of the molecule is CCNC(=O)COc1cccc2c1CCC2N. The van der Waals surface area contributed by atoms with E-state index in [1.54, 1.807) is 0 Å². The minimum atomic E-state index is -0.0904. The molecule has 0 heterocycles. The van der Waals surface area contributed by atoms with Crippen molar-refractivity contribution in [1.29, 1.82) is 0 Å². The summed E-state index contributed by atoms with van der Waals surface area (Å²) in [5.41, 5.74) is 8.29. The van der Waals surface area contributed by atoms with Gasteiger partial charge >= 0.3 is 0 Å². The van der Waals surface area contributed by atoms with Gasteiger partial charge in [-0.25, -0.2) is 0 Å². The van der Waals surface area contributed by atoms with Gasteiger partial charge in [0.2, 0.25) is 0 Å². The van der Waals surface area contributed by atoms with E-state index in [0.717, 1.165) is 29.7 Å². The first-order valence-corrected chi connectivity index (χ1v) is 5.99. The molecule has 3 N–H and O–H groups in total. The Balaban J connectivity index is 2.05. The van der Waals surface area contributed by atoms with Crippen LogP contribution in [-0.2, 0) is 11.2 Å². The summed E-state index contributed by atoms with van der Waals surface area (Å²) in [5, 5.41) is 2.70. The van der Waals surface area contributed by atoms with Gasteiger partial charge in [-0.3, -0.25) is 4.79 Å². The van der Waals surface area contributed by atoms with Crippen LogP contribution in [0.4, 0.5) is 0 Å². The molecule has 92 valence electrons. The number of hydrogen-bond donors (Lipinski definition) is 2. The van der Waals surface area contributed by atoms with E-state index in [0.29, 0.717) is 6.54 Å². The second-order valence-corrected chi connectivity index (χ2v) is 4.21. The second-order valence-electron chi connectivity index (χ2n) is 4.21. The zero-order valence-corrected chi connectivity index (χ0v) is 10.0. The molecular formula is C13H18N2O2. The molecule has 0 saturated carbocycles. The van der Waals surface area contributed by atoms with Gasteiger partial charge in [-0.2, -0.15) is 0 Å². The summed E-state index contributed by atoms with van der Waals surface area (Å²) in [7, 11) is 0. The highest BCUT2D eigenvalue weighted by molar-refractivity contribution is 5.77. The van der Waals surface area contributed by atoms with E-state index in [1.807, 2.05) is 25.1 Å². The van der Waals surface area contributed by atoms with Gasteiger partial charge < -0.3 is 15.8 Å². The summed E-state index contributed by atoms with van der Waals surface area (Å²) >= 11 is 0. The Morgan fingerprint density at radius 3 is 3.18 bits per heavy atom. The largest absolute Gasteiger partial charge is 0.483 e. The van der Waals surface area contributed by atoms with Crippen LogP contribution < -0.4 is 15.8 Å². The molecule has 0 aromatic heterocycles. The van der Waals surface area contributed by atoms with Crippen LogP contribution in [0, 0.1) is 0 Å². The molecule has 0 saturated heterocycles. The number of likely N-dealkylation sites (N-methyl/N-ethyl adjacent to an activating group) is 1. The zero-order chi connectivity index (χ0) is 12.3. The molecule has 0 radical (unpaired) electrons. The molecule has 0 spiro atoms. The monoisotopic (exact) mass is 234 g/mol. The zero-order valence-electron chi connectivity index (χ0n) is 10.0. The molecule has 1 aromatic rings. The highest BCUT2D eigenvalue weighted by atomic mass is 16.5. The number of nitrogens with two attached hydrogens (primary N) is 1. The molecule has 1 aliphatic carbocycles. The van der Waals surface area contributed by atoms with Crippen LogP contribution in [0.2, 0.25) is 0 Å². The van der Waals surface area contributed by atoms with Crippen molar-refractivity contribution in [3.8, 4) is 5.75 Å². The summed E-state index contributed by atoms with van der Waals surface area (Å²) in [6.07, 6.45) is 1.89. The Morgan fingerprint density at radius 2 is 2.41 bits per heavy atom. The summed E-state index contributed by atoms with van der Waals surface area (Å²) in [4.78, 5) is 11.3. The minimum Gasteiger partial charge on any atom is -0.483 e. The molecule has 4 nitrogen and oxygen atoms in total. The molecule has 1 unspecified atom stereocenters. The molecule has 0 bridgehead atoms. The molecule has 0 aliphatic heterocycles. The molecule has 1 aliphatic rings. The van der Waals surface area contributed by atoms with Crippen molar-refractivity contribution in [2.24, 2.45) is 5.73 Å². The molecule has 1 amide bonds. The summed E-state index contributed by atoms with van der Waals surface area (Å²) in [6, 6.07) is 5.97. The molecule has 0 fully saturated rings. The number of amides is 1. The van der Waals surface area contributed by atoms with Crippen LogP contribution >= 0.6 is 0 Å².